The molecule has 4 nitrogen and oxygen atoms in total. The number of nitrogens with one attached hydrogen (secondary N) is 1. The quantitative estimate of drug-likeness (QED) is 0.510. The summed E-state index contributed by atoms with van der Waals surface area (Å²) in [6.07, 6.45) is 2.94. The van der Waals surface area contributed by atoms with Crippen LogP contribution in [0.5, 0.6) is 0 Å². The van der Waals surface area contributed by atoms with Crippen LogP contribution in [-0.4, -0.2) is 23.4 Å². The van der Waals surface area contributed by atoms with Crippen LogP contribution in [0, 0.1) is 6.92 Å². The number of hydrazone groups is 1. The van der Waals surface area contributed by atoms with Gasteiger partial charge < -0.3 is 10.6 Å². The predicted octanol–water partition coefficient (Wildman–Crippen LogP) is 3.27. The fraction of sp³-hybridized carbons (Fsp3) is 0.529. The highest BCUT2D eigenvalue weighted by Crippen LogP contribution is 2.43. The van der Waals surface area contributed by atoms with Gasteiger partial charge in [0.05, 0.1) is 6.21 Å². The van der Waals surface area contributed by atoms with E-state index in [-0.39, 0.29) is 10.7 Å². The molecule has 1 atom stereocenters. The summed E-state index contributed by atoms with van der Waals surface area (Å²) in [6.45, 7) is 12.3. The second-order valence-corrected chi connectivity index (χ2v) is 7.10. The van der Waals surface area contributed by atoms with E-state index in [0.29, 0.717) is 5.92 Å². The maximum atomic E-state index is 5.39. The average Bonchev–Trinajstić information content (AvgIpc) is 2.39. The summed E-state index contributed by atoms with van der Waals surface area (Å²) in [7, 11) is 0. The number of hydrogen-bond acceptors (Lipinski definition) is 3. The van der Waals surface area contributed by atoms with Gasteiger partial charge >= 0.3 is 0 Å². The number of rotatable bonds is 3. The molecule has 0 aromatic heterocycles. The van der Waals surface area contributed by atoms with Crippen molar-refractivity contribution in [3.05, 3.63) is 28.8 Å². The highest BCUT2D eigenvalue weighted by molar-refractivity contribution is 7.80. The van der Waals surface area contributed by atoms with Gasteiger partial charge in [-0.05, 0) is 81.1 Å². The molecule has 0 radical (unpaired) electrons. The van der Waals surface area contributed by atoms with E-state index in [4.69, 9.17) is 18.0 Å². The third kappa shape index (κ3) is 3.24. The van der Waals surface area contributed by atoms with Gasteiger partial charge in [-0.2, -0.15) is 5.10 Å². The minimum Gasteiger partial charge on any atom is -0.375 e. The van der Waals surface area contributed by atoms with Crippen molar-refractivity contribution in [2.45, 2.75) is 52.5 Å². The average molecular weight is 318 g/mol. The van der Waals surface area contributed by atoms with E-state index in [9.17, 15) is 0 Å². The summed E-state index contributed by atoms with van der Waals surface area (Å²) in [4.78, 5) is 2.50. The Hall–Kier alpha value is -1.62. The number of hydrogen-bond donors (Lipinski definition) is 2. The molecule has 120 valence electrons. The Morgan fingerprint density at radius 1 is 1.55 bits per heavy atom. The van der Waals surface area contributed by atoms with Crippen LogP contribution in [0.25, 0.3) is 0 Å². The minimum absolute atomic E-state index is 0.180. The van der Waals surface area contributed by atoms with E-state index in [0.717, 1.165) is 18.5 Å². The van der Waals surface area contributed by atoms with E-state index in [2.05, 4.69) is 62.2 Å². The fourth-order valence-electron chi connectivity index (χ4n) is 3.55. The first-order valence-corrected chi connectivity index (χ1v) is 8.17. The minimum atomic E-state index is 0.180. The predicted molar refractivity (Wildman–Crippen MR) is 98.8 cm³/mol. The third-order valence-corrected chi connectivity index (χ3v) is 4.56. The molecular formula is C17H26N4S. The monoisotopic (exact) mass is 318 g/mol. The van der Waals surface area contributed by atoms with Crippen LogP contribution in [0.1, 0.15) is 56.7 Å². The van der Waals surface area contributed by atoms with Crippen molar-refractivity contribution in [1.82, 2.24) is 5.43 Å². The van der Waals surface area contributed by atoms with Crippen LogP contribution in [0.4, 0.5) is 5.69 Å². The molecule has 1 aromatic carbocycles. The van der Waals surface area contributed by atoms with Crippen molar-refractivity contribution < 1.29 is 0 Å². The summed E-state index contributed by atoms with van der Waals surface area (Å²) >= 11 is 4.76. The van der Waals surface area contributed by atoms with Gasteiger partial charge in [-0.3, -0.25) is 5.43 Å². The topological polar surface area (TPSA) is 53.6 Å². The van der Waals surface area contributed by atoms with Crippen LogP contribution in [0.2, 0.25) is 0 Å². The summed E-state index contributed by atoms with van der Waals surface area (Å²) in [5.74, 6) is 0.532. The molecule has 0 fully saturated rings. The summed E-state index contributed by atoms with van der Waals surface area (Å²) in [6, 6.07) is 4.52. The van der Waals surface area contributed by atoms with Gasteiger partial charge in [0.2, 0.25) is 0 Å². The first kappa shape index (κ1) is 16.7. The zero-order valence-corrected chi connectivity index (χ0v) is 14.9. The number of nitrogens with two attached hydrogens (primary N) is 1. The molecule has 1 heterocycles. The van der Waals surface area contributed by atoms with Crippen molar-refractivity contribution in [3.8, 4) is 0 Å². The van der Waals surface area contributed by atoms with Crippen LogP contribution in [-0.2, 0) is 0 Å². The maximum Gasteiger partial charge on any atom is 0.184 e. The number of anilines is 1. The van der Waals surface area contributed by atoms with Crippen LogP contribution >= 0.6 is 12.2 Å². The molecule has 1 aliphatic heterocycles. The van der Waals surface area contributed by atoms with Gasteiger partial charge in [-0.15, -0.1) is 0 Å². The van der Waals surface area contributed by atoms with E-state index >= 15 is 0 Å². The fourth-order valence-corrected chi connectivity index (χ4v) is 3.61. The molecule has 2 rings (SSSR count). The van der Waals surface area contributed by atoms with Crippen molar-refractivity contribution in [2.24, 2.45) is 10.8 Å². The Balaban J connectivity index is 2.44. The Kier molecular flexibility index (Phi) is 4.75. The maximum absolute atomic E-state index is 5.39. The molecule has 22 heavy (non-hydrogen) atoms. The number of nitrogens with zero attached hydrogens (tertiary/aromatic N) is 2. The van der Waals surface area contributed by atoms with Gasteiger partial charge in [0.1, 0.15) is 0 Å². The molecule has 0 spiro atoms. The van der Waals surface area contributed by atoms with Crippen molar-refractivity contribution in [3.63, 3.8) is 0 Å². The molecule has 5 heteroatoms. The lowest BCUT2D eigenvalue weighted by Gasteiger charge is -2.47. The number of aryl methyl sites for hydroxylation is 1. The number of fused-ring (bicyclic) bond motifs is 1. The van der Waals surface area contributed by atoms with Gasteiger partial charge in [-0.25, -0.2) is 0 Å². The normalized spacial score (nSPS) is 20.0. The summed E-state index contributed by atoms with van der Waals surface area (Å²) in [5, 5.41) is 4.27. The summed E-state index contributed by atoms with van der Waals surface area (Å²) < 4.78 is 0. The second kappa shape index (κ2) is 6.24. The van der Waals surface area contributed by atoms with Crippen LogP contribution in [0.15, 0.2) is 17.2 Å². The van der Waals surface area contributed by atoms with Crippen molar-refractivity contribution >= 4 is 29.2 Å². The lowest BCUT2D eigenvalue weighted by Crippen LogP contribution is -2.48. The molecule has 1 aliphatic rings. The molecule has 0 amide bonds. The van der Waals surface area contributed by atoms with Gasteiger partial charge in [0, 0.05) is 17.8 Å². The molecule has 3 N–H and O–H groups in total. The van der Waals surface area contributed by atoms with E-state index in [1.54, 1.807) is 6.21 Å². The van der Waals surface area contributed by atoms with Crippen molar-refractivity contribution in [1.29, 1.82) is 0 Å². The Morgan fingerprint density at radius 3 is 2.82 bits per heavy atom. The first-order valence-electron chi connectivity index (χ1n) is 7.77. The van der Waals surface area contributed by atoms with Gasteiger partial charge in [0.15, 0.2) is 5.11 Å². The third-order valence-electron chi connectivity index (χ3n) is 4.47. The highest BCUT2D eigenvalue weighted by Gasteiger charge is 2.35. The Bertz CT molecular complexity index is 607. The number of thiocarbonyl (C=S) groups is 1. The molecule has 0 aliphatic carbocycles. The van der Waals surface area contributed by atoms with Crippen LogP contribution < -0.4 is 16.1 Å². The largest absolute Gasteiger partial charge is 0.375 e. The van der Waals surface area contributed by atoms with Crippen molar-refractivity contribution in [2.75, 3.05) is 11.4 Å². The molecule has 1 aromatic rings. The molecule has 0 saturated carbocycles. The zero-order chi connectivity index (χ0) is 16.5. The lowest BCUT2D eigenvalue weighted by molar-refractivity contribution is 0.381. The lowest BCUT2D eigenvalue weighted by atomic mass is 9.79. The van der Waals surface area contributed by atoms with E-state index < -0.39 is 0 Å². The molecule has 0 saturated heterocycles. The SMILES string of the molecule is CCN1c2cc(C)c(/C=N\NC(N)=S)cc2[C@@H](C)CC1(C)C. The number of benzene rings is 1. The van der Waals surface area contributed by atoms with Gasteiger partial charge in [0.25, 0.3) is 0 Å². The zero-order valence-electron chi connectivity index (χ0n) is 14.1. The molecular weight excluding hydrogens is 292 g/mol. The molecule has 0 unspecified atom stereocenters. The van der Waals surface area contributed by atoms with E-state index in [1.165, 1.54) is 16.8 Å². The smallest absolute Gasteiger partial charge is 0.184 e. The highest BCUT2D eigenvalue weighted by atomic mass is 32.1. The van der Waals surface area contributed by atoms with E-state index in [1.807, 2.05) is 0 Å². The van der Waals surface area contributed by atoms with Crippen LogP contribution in [0.3, 0.4) is 0 Å². The Morgan fingerprint density at radius 2 is 2.23 bits per heavy atom. The standard InChI is InChI=1S/C17H26N4S/c1-6-21-15-7-11(2)13(10-19-20-16(18)22)8-14(15)12(3)9-17(21,4)5/h7-8,10,12H,6,9H2,1-5H3,(H3,18,20,22)/b19-10-/t12-/m0/s1. The molecule has 0 bridgehead atoms. The first-order chi connectivity index (χ1) is 10.3. The Labute approximate surface area is 138 Å². The second-order valence-electron chi connectivity index (χ2n) is 6.66. The van der Waals surface area contributed by atoms with Gasteiger partial charge in [-0.1, -0.05) is 6.92 Å². The summed E-state index contributed by atoms with van der Waals surface area (Å²) in [5.41, 5.74) is 13.2.